The quantitative estimate of drug-likeness (QED) is 0.725. The first-order chi connectivity index (χ1) is 6.70. The van der Waals surface area contributed by atoms with Gasteiger partial charge >= 0.3 is 0 Å². The molecule has 1 heterocycles. The highest BCUT2D eigenvalue weighted by molar-refractivity contribution is 4.89. The highest BCUT2D eigenvalue weighted by atomic mass is 16.5. The fraction of sp³-hybridized carbons (Fsp3) is 1.00. The van der Waals surface area contributed by atoms with Crippen molar-refractivity contribution in [2.75, 3.05) is 32.8 Å². The molecule has 0 spiro atoms. The smallest absolute Gasteiger partial charge is 0.0484 e. The summed E-state index contributed by atoms with van der Waals surface area (Å²) in [7, 11) is 0. The van der Waals surface area contributed by atoms with Crippen LogP contribution >= 0.6 is 0 Å². The van der Waals surface area contributed by atoms with Crippen LogP contribution in [-0.4, -0.2) is 43.3 Å². The maximum Gasteiger partial charge on any atom is 0.0484 e. The van der Waals surface area contributed by atoms with Gasteiger partial charge in [-0.2, -0.15) is 0 Å². The zero-order valence-electron chi connectivity index (χ0n) is 9.59. The van der Waals surface area contributed by atoms with Crippen LogP contribution in [0.25, 0.3) is 0 Å². The van der Waals surface area contributed by atoms with Gasteiger partial charge in [-0.05, 0) is 32.4 Å². The Balaban J connectivity index is 2.38. The second-order valence-corrected chi connectivity index (χ2v) is 4.34. The normalized spacial score (nSPS) is 21.4. The Hall–Kier alpha value is -0.120. The molecule has 1 aliphatic rings. The van der Waals surface area contributed by atoms with Crippen LogP contribution in [0.15, 0.2) is 0 Å². The van der Waals surface area contributed by atoms with Crippen LogP contribution in [0.5, 0.6) is 0 Å². The highest BCUT2D eigenvalue weighted by Gasteiger charge is 2.29. The molecular formula is C11H24N2O. The van der Waals surface area contributed by atoms with Crippen molar-refractivity contribution in [3.63, 3.8) is 0 Å². The predicted octanol–water partition coefficient (Wildman–Crippen LogP) is 1.23. The summed E-state index contributed by atoms with van der Waals surface area (Å²) in [4.78, 5) is 2.45. The number of rotatable bonds is 5. The summed E-state index contributed by atoms with van der Waals surface area (Å²) in [5.74, 6) is 0. The first-order valence-corrected chi connectivity index (χ1v) is 5.79. The van der Waals surface area contributed by atoms with Crippen LogP contribution in [0.3, 0.4) is 0 Å². The van der Waals surface area contributed by atoms with Crippen molar-refractivity contribution in [1.82, 2.24) is 4.90 Å². The number of likely N-dealkylation sites (N-methyl/N-ethyl adjacent to an activating group) is 1. The summed E-state index contributed by atoms with van der Waals surface area (Å²) in [6, 6.07) is 0. The van der Waals surface area contributed by atoms with Gasteiger partial charge in [0.1, 0.15) is 0 Å². The minimum Gasteiger partial charge on any atom is -0.381 e. The average Bonchev–Trinajstić information content (AvgIpc) is 2.18. The Bertz CT molecular complexity index is 155. The maximum atomic E-state index is 6.34. The maximum absolute atomic E-state index is 6.34. The average molecular weight is 200 g/mol. The number of nitrogens with zero attached hydrogens (tertiary/aromatic N) is 1. The van der Waals surface area contributed by atoms with E-state index in [-0.39, 0.29) is 5.54 Å². The lowest BCUT2D eigenvalue weighted by Gasteiger charge is -2.37. The molecule has 0 aromatic carbocycles. The Kier molecular flexibility index (Phi) is 4.85. The summed E-state index contributed by atoms with van der Waals surface area (Å²) in [5, 5.41) is 0. The van der Waals surface area contributed by atoms with Crippen molar-refractivity contribution in [2.45, 2.75) is 38.6 Å². The van der Waals surface area contributed by atoms with Crippen LogP contribution in [0.4, 0.5) is 0 Å². The van der Waals surface area contributed by atoms with Gasteiger partial charge in [-0.15, -0.1) is 0 Å². The van der Waals surface area contributed by atoms with Gasteiger partial charge in [0.05, 0.1) is 0 Å². The van der Waals surface area contributed by atoms with Crippen LogP contribution in [-0.2, 0) is 4.74 Å². The Morgan fingerprint density at radius 3 is 2.43 bits per heavy atom. The van der Waals surface area contributed by atoms with Gasteiger partial charge in [-0.25, -0.2) is 0 Å². The molecule has 0 aliphatic carbocycles. The molecule has 0 amide bonds. The molecule has 0 unspecified atom stereocenters. The molecule has 0 aromatic heterocycles. The van der Waals surface area contributed by atoms with Crippen LogP contribution < -0.4 is 5.73 Å². The highest BCUT2D eigenvalue weighted by Crippen LogP contribution is 2.18. The summed E-state index contributed by atoms with van der Waals surface area (Å²) < 4.78 is 5.34. The molecule has 2 N–H and O–H groups in total. The first kappa shape index (κ1) is 12.0. The summed E-state index contributed by atoms with van der Waals surface area (Å²) in [6.45, 7) is 9.39. The van der Waals surface area contributed by atoms with Gasteiger partial charge in [0.15, 0.2) is 0 Å². The van der Waals surface area contributed by atoms with E-state index in [9.17, 15) is 0 Å². The van der Waals surface area contributed by atoms with Gasteiger partial charge in [-0.3, -0.25) is 0 Å². The Morgan fingerprint density at radius 2 is 1.93 bits per heavy atom. The Labute approximate surface area is 87.6 Å². The van der Waals surface area contributed by atoms with Crippen molar-refractivity contribution in [3.8, 4) is 0 Å². The molecule has 0 aromatic rings. The third-order valence-electron chi connectivity index (χ3n) is 3.01. The summed E-state index contributed by atoms with van der Waals surface area (Å²) in [6.07, 6.45) is 3.22. The van der Waals surface area contributed by atoms with Gasteiger partial charge in [0.2, 0.25) is 0 Å². The molecule has 0 bridgehead atoms. The van der Waals surface area contributed by atoms with Gasteiger partial charge in [0, 0.05) is 25.3 Å². The zero-order valence-corrected chi connectivity index (χ0v) is 9.59. The van der Waals surface area contributed by atoms with E-state index in [1.54, 1.807) is 0 Å². The molecule has 1 rings (SSSR count). The minimum atomic E-state index is 0.00340. The number of hydrogen-bond donors (Lipinski definition) is 1. The number of nitrogens with two attached hydrogens (primary N) is 1. The number of ether oxygens (including phenoxy) is 1. The summed E-state index contributed by atoms with van der Waals surface area (Å²) >= 11 is 0. The molecule has 3 heteroatoms. The van der Waals surface area contributed by atoms with E-state index in [0.29, 0.717) is 0 Å². The molecule has 0 saturated carbocycles. The lowest BCUT2D eigenvalue weighted by molar-refractivity contribution is 0.0384. The molecular weight excluding hydrogens is 176 g/mol. The van der Waals surface area contributed by atoms with Crippen molar-refractivity contribution in [2.24, 2.45) is 5.73 Å². The monoisotopic (exact) mass is 200 g/mol. The molecule has 1 saturated heterocycles. The van der Waals surface area contributed by atoms with Gasteiger partial charge in [-0.1, -0.05) is 13.8 Å². The molecule has 0 radical (unpaired) electrons. The van der Waals surface area contributed by atoms with E-state index in [4.69, 9.17) is 10.5 Å². The van der Waals surface area contributed by atoms with Crippen molar-refractivity contribution in [3.05, 3.63) is 0 Å². The van der Waals surface area contributed by atoms with E-state index in [0.717, 1.165) is 45.7 Å². The molecule has 84 valence electrons. The predicted molar refractivity (Wildman–Crippen MR) is 59.4 cm³/mol. The van der Waals surface area contributed by atoms with E-state index in [1.807, 2.05) is 0 Å². The Morgan fingerprint density at radius 1 is 1.29 bits per heavy atom. The minimum absolute atomic E-state index is 0.00340. The second-order valence-electron chi connectivity index (χ2n) is 4.34. The van der Waals surface area contributed by atoms with E-state index in [1.165, 1.54) is 6.42 Å². The van der Waals surface area contributed by atoms with E-state index < -0.39 is 0 Å². The van der Waals surface area contributed by atoms with Crippen LogP contribution in [0, 0.1) is 0 Å². The topological polar surface area (TPSA) is 38.5 Å². The summed E-state index contributed by atoms with van der Waals surface area (Å²) in [5.41, 5.74) is 6.35. The largest absolute Gasteiger partial charge is 0.381 e. The fourth-order valence-electron chi connectivity index (χ4n) is 2.05. The molecule has 14 heavy (non-hydrogen) atoms. The molecule has 1 aliphatic heterocycles. The SMILES string of the molecule is CCCN(CC)CC1(N)CCOCC1. The molecule has 1 fully saturated rings. The van der Waals surface area contributed by atoms with Crippen LogP contribution in [0.2, 0.25) is 0 Å². The lowest BCUT2D eigenvalue weighted by atomic mass is 9.90. The third-order valence-corrected chi connectivity index (χ3v) is 3.01. The van der Waals surface area contributed by atoms with E-state index >= 15 is 0 Å². The second kappa shape index (κ2) is 5.69. The fourth-order valence-corrected chi connectivity index (χ4v) is 2.05. The molecule has 0 atom stereocenters. The zero-order chi connectivity index (χ0) is 10.4. The standard InChI is InChI=1S/C11H24N2O/c1-3-7-13(4-2)10-11(12)5-8-14-9-6-11/h3-10,12H2,1-2H3. The number of hydrogen-bond acceptors (Lipinski definition) is 3. The van der Waals surface area contributed by atoms with Gasteiger partial charge < -0.3 is 15.4 Å². The van der Waals surface area contributed by atoms with Crippen LogP contribution in [0.1, 0.15) is 33.1 Å². The van der Waals surface area contributed by atoms with E-state index in [2.05, 4.69) is 18.7 Å². The van der Waals surface area contributed by atoms with Crippen molar-refractivity contribution < 1.29 is 4.74 Å². The van der Waals surface area contributed by atoms with Crippen molar-refractivity contribution >= 4 is 0 Å². The lowest BCUT2D eigenvalue weighted by Crippen LogP contribution is -2.53. The van der Waals surface area contributed by atoms with Crippen molar-refractivity contribution in [1.29, 1.82) is 0 Å². The van der Waals surface area contributed by atoms with Gasteiger partial charge in [0.25, 0.3) is 0 Å². The third kappa shape index (κ3) is 3.56. The molecule has 3 nitrogen and oxygen atoms in total. The first-order valence-electron chi connectivity index (χ1n) is 5.79.